The van der Waals surface area contributed by atoms with Crippen LogP contribution in [0.15, 0.2) is 84.0 Å². The molecule has 0 bridgehead atoms. The van der Waals surface area contributed by atoms with E-state index in [0.717, 1.165) is 17.7 Å². The van der Waals surface area contributed by atoms with Crippen LogP contribution < -0.4 is 4.74 Å². The molecule has 32 heavy (non-hydrogen) atoms. The zero-order valence-electron chi connectivity index (χ0n) is 17.5. The van der Waals surface area contributed by atoms with Crippen LogP contribution in [-0.4, -0.2) is 26.8 Å². The standard InChI is InChI=1S/C24H22N4O3S/c1-31-22-14-8-6-12-20(22)23-25-26-24(27(23)16-15-18-9-3-2-4-10-18)32-17-19-11-5-7-13-21(19)28(29)30/h2-14H,15-17H2,1H3. The van der Waals surface area contributed by atoms with E-state index in [2.05, 4.69) is 26.9 Å². The van der Waals surface area contributed by atoms with Crippen LogP contribution in [0.2, 0.25) is 0 Å². The molecule has 0 N–H and O–H groups in total. The second-order valence-electron chi connectivity index (χ2n) is 7.07. The van der Waals surface area contributed by atoms with Gasteiger partial charge in [0, 0.05) is 23.9 Å². The minimum atomic E-state index is -0.351. The Bertz CT molecular complexity index is 1210. The lowest BCUT2D eigenvalue weighted by Crippen LogP contribution is -2.06. The summed E-state index contributed by atoms with van der Waals surface area (Å²) in [6.45, 7) is 0.670. The molecule has 8 heteroatoms. The molecule has 0 atom stereocenters. The van der Waals surface area contributed by atoms with Crippen molar-refractivity contribution < 1.29 is 9.66 Å². The minimum absolute atomic E-state index is 0.111. The number of hydrogen-bond donors (Lipinski definition) is 0. The number of ether oxygens (including phenoxy) is 1. The summed E-state index contributed by atoms with van der Waals surface area (Å²) in [5.41, 5.74) is 2.83. The second kappa shape index (κ2) is 10.1. The molecule has 7 nitrogen and oxygen atoms in total. The molecule has 1 aromatic heterocycles. The Morgan fingerprint density at radius 2 is 1.69 bits per heavy atom. The van der Waals surface area contributed by atoms with Crippen LogP contribution in [-0.2, 0) is 18.7 Å². The Kier molecular flexibility index (Phi) is 6.81. The number of aryl methyl sites for hydroxylation is 1. The third-order valence-corrected chi connectivity index (χ3v) is 6.09. The fraction of sp³-hybridized carbons (Fsp3) is 0.167. The summed E-state index contributed by atoms with van der Waals surface area (Å²) in [7, 11) is 1.63. The second-order valence-corrected chi connectivity index (χ2v) is 8.01. The quantitative estimate of drug-likeness (QED) is 0.195. The monoisotopic (exact) mass is 446 g/mol. The van der Waals surface area contributed by atoms with E-state index in [1.54, 1.807) is 19.2 Å². The van der Waals surface area contributed by atoms with Gasteiger partial charge in [0.1, 0.15) is 5.75 Å². The molecule has 0 radical (unpaired) electrons. The highest BCUT2D eigenvalue weighted by Crippen LogP contribution is 2.33. The smallest absolute Gasteiger partial charge is 0.273 e. The molecule has 0 saturated carbocycles. The van der Waals surface area contributed by atoms with E-state index in [0.29, 0.717) is 28.8 Å². The number of aromatic nitrogens is 3. The van der Waals surface area contributed by atoms with Crippen LogP contribution >= 0.6 is 11.8 Å². The van der Waals surface area contributed by atoms with Crippen molar-refractivity contribution in [1.29, 1.82) is 0 Å². The number of methoxy groups -OCH3 is 1. The van der Waals surface area contributed by atoms with Crippen molar-refractivity contribution in [2.24, 2.45) is 0 Å². The van der Waals surface area contributed by atoms with E-state index in [-0.39, 0.29) is 10.6 Å². The Morgan fingerprint density at radius 3 is 2.47 bits per heavy atom. The van der Waals surface area contributed by atoms with Crippen molar-refractivity contribution >= 4 is 17.4 Å². The maximum atomic E-state index is 11.4. The third kappa shape index (κ3) is 4.81. The zero-order chi connectivity index (χ0) is 22.3. The predicted octanol–water partition coefficient (Wildman–Crippen LogP) is 5.40. The fourth-order valence-electron chi connectivity index (χ4n) is 3.46. The van der Waals surface area contributed by atoms with Gasteiger partial charge in [-0.05, 0) is 24.1 Å². The Labute approximate surface area is 190 Å². The van der Waals surface area contributed by atoms with Crippen molar-refractivity contribution in [3.63, 3.8) is 0 Å². The predicted molar refractivity (Wildman–Crippen MR) is 125 cm³/mol. The number of nitro benzene ring substituents is 1. The number of thioether (sulfide) groups is 1. The van der Waals surface area contributed by atoms with Crippen LogP contribution in [0.1, 0.15) is 11.1 Å². The topological polar surface area (TPSA) is 83.1 Å². The Balaban J connectivity index is 1.66. The van der Waals surface area contributed by atoms with Gasteiger partial charge in [0.05, 0.1) is 17.6 Å². The summed E-state index contributed by atoms with van der Waals surface area (Å²) >= 11 is 1.44. The molecule has 0 aliphatic rings. The van der Waals surface area contributed by atoms with E-state index >= 15 is 0 Å². The lowest BCUT2D eigenvalue weighted by atomic mass is 10.1. The summed E-state index contributed by atoms with van der Waals surface area (Å²) in [4.78, 5) is 11.0. The highest BCUT2D eigenvalue weighted by molar-refractivity contribution is 7.98. The van der Waals surface area contributed by atoms with Crippen LogP contribution in [0.4, 0.5) is 5.69 Å². The first kappa shape index (κ1) is 21.6. The van der Waals surface area contributed by atoms with Gasteiger partial charge in [-0.2, -0.15) is 0 Å². The number of nitrogens with zero attached hydrogens (tertiary/aromatic N) is 4. The fourth-order valence-corrected chi connectivity index (χ4v) is 4.43. The molecule has 0 spiro atoms. The van der Waals surface area contributed by atoms with E-state index in [9.17, 15) is 10.1 Å². The van der Waals surface area contributed by atoms with Crippen molar-refractivity contribution in [3.05, 3.63) is 100 Å². The number of benzene rings is 3. The van der Waals surface area contributed by atoms with Crippen LogP contribution in [0.5, 0.6) is 5.75 Å². The van der Waals surface area contributed by atoms with Crippen molar-refractivity contribution in [1.82, 2.24) is 14.8 Å². The number of rotatable bonds is 9. The van der Waals surface area contributed by atoms with Gasteiger partial charge >= 0.3 is 0 Å². The van der Waals surface area contributed by atoms with Gasteiger partial charge in [-0.1, -0.05) is 72.4 Å². The van der Waals surface area contributed by atoms with E-state index in [1.165, 1.54) is 23.4 Å². The molecule has 1 heterocycles. The average Bonchev–Trinajstić information content (AvgIpc) is 3.24. The summed E-state index contributed by atoms with van der Waals surface area (Å²) in [5.74, 6) is 1.85. The van der Waals surface area contributed by atoms with Gasteiger partial charge in [0.2, 0.25) is 0 Å². The lowest BCUT2D eigenvalue weighted by molar-refractivity contribution is -0.385. The molecule has 4 rings (SSSR count). The summed E-state index contributed by atoms with van der Waals surface area (Å²) in [6, 6.07) is 24.7. The SMILES string of the molecule is COc1ccccc1-c1nnc(SCc2ccccc2[N+](=O)[O-])n1CCc1ccccc1. The summed E-state index contributed by atoms with van der Waals surface area (Å²) in [6.07, 6.45) is 0.806. The van der Waals surface area contributed by atoms with Crippen LogP contribution in [0.25, 0.3) is 11.4 Å². The molecule has 4 aromatic rings. The van der Waals surface area contributed by atoms with Crippen molar-refractivity contribution in [2.75, 3.05) is 7.11 Å². The summed E-state index contributed by atoms with van der Waals surface area (Å²) in [5, 5.41) is 21.0. The Hall–Kier alpha value is -3.65. The third-order valence-electron chi connectivity index (χ3n) is 5.08. The first-order valence-electron chi connectivity index (χ1n) is 10.1. The maximum Gasteiger partial charge on any atom is 0.273 e. The number of para-hydroxylation sites is 2. The molecule has 162 valence electrons. The molecule has 3 aromatic carbocycles. The molecular weight excluding hydrogens is 424 g/mol. The summed E-state index contributed by atoms with van der Waals surface area (Å²) < 4.78 is 7.60. The molecule has 0 unspecified atom stereocenters. The maximum absolute atomic E-state index is 11.4. The molecular formula is C24H22N4O3S. The number of nitro groups is 1. The van der Waals surface area contributed by atoms with E-state index in [1.807, 2.05) is 48.5 Å². The van der Waals surface area contributed by atoms with Crippen molar-refractivity contribution in [3.8, 4) is 17.1 Å². The van der Waals surface area contributed by atoms with Gasteiger partial charge < -0.3 is 9.30 Å². The van der Waals surface area contributed by atoms with Crippen LogP contribution in [0.3, 0.4) is 0 Å². The van der Waals surface area contributed by atoms with Gasteiger partial charge in [0.25, 0.3) is 5.69 Å². The highest BCUT2D eigenvalue weighted by atomic mass is 32.2. The van der Waals surface area contributed by atoms with Crippen LogP contribution in [0, 0.1) is 10.1 Å². The first-order chi connectivity index (χ1) is 15.7. The van der Waals surface area contributed by atoms with Crippen molar-refractivity contribution in [2.45, 2.75) is 23.9 Å². The lowest BCUT2D eigenvalue weighted by Gasteiger charge is -2.12. The molecule has 0 aliphatic carbocycles. The van der Waals surface area contributed by atoms with E-state index < -0.39 is 0 Å². The van der Waals surface area contributed by atoms with Gasteiger partial charge in [-0.25, -0.2) is 0 Å². The zero-order valence-corrected chi connectivity index (χ0v) is 18.4. The van der Waals surface area contributed by atoms with Gasteiger partial charge in [-0.3, -0.25) is 10.1 Å². The van der Waals surface area contributed by atoms with Gasteiger partial charge in [0.15, 0.2) is 11.0 Å². The molecule has 0 amide bonds. The highest BCUT2D eigenvalue weighted by Gasteiger charge is 2.19. The molecule has 0 aliphatic heterocycles. The largest absolute Gasteiger partial charge is 0.496 e. The normalized spacial score (nSPS) is 10.8. The Morgan fingerprint density at radius 1 is 0.969 bits per heavy atom. The average molecular weight is 447 g/mol. The molecule has 0 saturated heterocycles. The molecule has 0 fully saturated rings. The number of hydrogen-bond acceptors (Lipinski definition) is 6. The first-order valence-corrected chi connectivity index (χ1v) is 11.1. The van der Waals surface area contributed by atoms with E-state index in [4.69, 9.17) is 4.74 Å². The minimum Gasteiger partial charge on any atom is -0.496 e. The van der Waals surface area contributed by atoms with Gasteiger partial charge in [-0.15, -0.1) is 10.2 Å².